The highest BCUT2D eigenvalue weighted by Gasteiger charge is 2.24. The zero-order chi connectivity index (χ0) is 13.5. The van der Waals surface area contributed by atoms with Crippen LogP contribution in [0.4, 0.5) is 0 Å². The summed E-state index contributed by atoms with van der Waals surface area (Å²) in [7, 11) is 1.73. The maximum Gasteiger partial charge on any atom is 0.359 e. The Morgan fingerprint density at radius 2 is 1.94 bits per heavy atom. The highest BCUT2D eigenvalue weighted by atomic mass is 16.4. The Labute approximate surface area is 101 Å². The molecule has 0 bridgehead atoms. The zero-order valence-electron chi connectivity index (χ0n) is 10.4. The number of aliphatic carboxylic acids is 1. The van der Waals surface area contributed by atoms with Gasteiger partial charge in [0.05, 0.1) is 26.7 Å². The van der Waals surface area contributed by atoms with Gasteiger partial charge in [0.2, 0.25) is 5.91 Å². The lowest BCUT2D eigenvalue weighted by molar-refractivity contribution is -0.901. The van der Waals surface area contributed by atoms with Gasteiger partial charge in [0.1, 0.15) is 6.54 Å². The molecular weight excluding hydrogens is 224 g/mol. The molecule has 0 spiro atoms. The van der Waals surface area contributed by atoms with E-state index in [1.54, 1.807) is 14.0 Å². The summed E-state index contributed by atoms with van der Waals surface area (Å²) in [6.07, 6.45) is 0. The first-order chi connectivity index (χ1) is 7.80. The van der Waals surface area contributed by atoms with Crippen molar-refractivity contribution in [3.05, 3.63) is 12.2 Å². The van der Waals surface area contributed by atoms with E-state index in [0.29, 0.717) is 25.2 Å². The van der Waals surface area contributed by atoms with E-state index in [2.05, 4.69) is 11.9 Å². The molecule has 1 amide bonds. The third-order valence-electron chi connectivity index (χ3n) is 2.48. The van der Waals surface area contributed by atoms with Gasteiger partial charge in [-0.2, -0.15) is 0 Å². The smallest absolute Gasteiger partial charge is 0.359 e. The first-order valence-electron chi connectivity index (χ1n) is 5.40. The number of carboxylic acid groups (broad SMARTS) is 1. The average Bonchev–Trinajstić information content (AvgIpc) is 2.15. The molecule has 1 unspecified atom stereocenters. The van der Waals surface area contributed by atoms with Crippen molar-refractivity contribution in [1.29, 1.82) is 0 Å². The van der Waals surface area contributed by atoms with Crippen LogP contribution in [0.3, 0.4) is 0 Å². The van der Waals surface area contributed by atoms with E-state index < -0.39 is 5.97 Å². The quantitative estimate of drug-likeness (QED) is 0.386. The zero-order valence-corrected chi connectivity index (χ0v) is 10.4. The summed E-state index contributed by atoms with van der Waals surface area (Å²) in [5, 5.41) is 20.3. The molecule has 0 saturated heterocycles. The Morgan fingerprint density at radius 3 is 2.35 bits per heavy atom. The molecule has 6 nitrogen and oxygen atoms in total. The van der Waals surface area contributed by atoms with Crippen LogP contribution in [-0.2, 0) is 9.59 Å². The van der Waals surface area contributed by atoms with Crippen molar-refractivity contribution in [3.63, 3.8) is 0 Å². The van der Waals surface area contributed by atoms with Crippen LogP contribution in [0, 0.1) is 0 Å². The second-order valence-corrected chi connectivity index (χ2v) is 4.38. The number of amides is 1. The van der Waals surface area contributed by atoms with Gasteiger partial charge in [-0.05, 0) is 6.92 Å². The molecule has 0 aliphatic heterocycles. The number of carbonyl (C=O) groups is 2. The number of nitrogens with one attached hydrogen (secondary N) is 1. The number of quaternary nitrogens is 1. The monoisotopic (exact) mass is 245 g/mol. The second kappa shape index (κ2) is 7.03. The molecule has 0 aromatic carbocycles. The lowest BCUT2D eigenvalue weighted by Crippen LogP contribution is -2.53. The van der Waals surface area contributed by atoms with Gasteiger partial charge in [-0.15, -0.1) is 0 Å². The Bertz CT molecular complexity index is 304. The molecule has 98 valence electrons. The lowest BCUT2D eigenvalue weighted by atomic mass is 10.3. The molecule has 17 heavy (non-hydrogen) atoms. The van der Waals surface area contributed by atoms with E-state index in [0.717, 1.165) is 0 Å². The van der Waals surface area contributed by atoms with Crippen LogP contribution < -0.4 is 5.32 Å². The first-order valence-corrected chi connectivity index (χ1v) is 5.40. The van der Waals surface area contributed by atoms with Crippen LogP contribution in [0.25, 0.3) is 0 Å². The molecule has 1 atom stereocenters. The topological polar surface area (TPSA) is 86.6 Å². The van der Waals surface area contributed by atoms with Crippen molar-refractivity contribution in [3.8, 4) is 0 Å². The number of carboxylic acids is 1. The van der Waals surface area contributed by atoms with Gasteiger partial charge >= 0.3 is 5.97 Å². The normalized spacial score (nSPS) is 13.8. The molecular formula is C11H21N2O4+. The molecule has 0 rings (SSSR count). The van der Waals surface area contributed by atoms with E-state index in [4.69, 9.17) is 10.2 Å². The molecule has 6 heteroatoms. The fraction of sp³-hybridized carbons (Fsp3) is 0.636. The van der Waals surface area contributed by atoms with E-state index in [1.807, 2.05) is 0 Å². The van der Waals surface area contributed by atoms with Crippen LogP contribution in [0.15, 0.2) is 12.2 Å². The largest absolute Gasteiger partial charge is 0.477 e. The third-order valence-corrected chi connectivity index (χ3v) is 2.48. The van der Waals surface area contributed by atoms with Gasteiger partial charge < -0.3 is 20.0 Å². The number of aliphatic hydroxyl groups excluding tert-OH is 1. The Kier molecular flexibility index (Phi) is 6.45. The second-order valence-electron chi connectivity index (χ2n) is 4.38. The minimum atomic E-state index is -0.924. The van der Waals surface area contributed by atoms with Gasteiger partial charge in [-0.25, -0.2) is 4.79 Å². The molecule has 0 heterocycles. The number of rotatable bonds is 8. The summed E-state index contributed by atoms with van der Waals surface area (Å²) < 4.78 is 0.183. The lowest BCUT2D eigenvalue weighted by Gasteiger charge is -2.32. The van der Waals surface area contributed by atoms with Crippen LogP contribution in [-0.4, -0.2) is 66.4 Å². The summed E-state index contributed by atoms with van der Waals surface area (Å²) in [4.78, 5) is 21.9. The average molecular weight is 245 g/mol. The molecule has 0 saturated carbocycles. The van der Waals surface area contributed by atoms with Gasteiger partial charge in [0, 0.05) is 5.57 Å². The number of hydrogen-bond acceptors (Lipinski definition) is 3. The van der Waals surface area contributed by atoms with E-state index in [-0.39, 0.29) is 23.5 Å². The van der Waals surface area contributed by atoms with Crippen molar-refractivity contribution in [2.75, 3.05) is 39.8 Å². The molecule has 0 aliphatic carbocycles. The highest BCUT2D eigenvalue weighted by molar-refractivity contribution is 5.92. The van der Waals surface area contributed by atoms with E-state index >= 15 is 0 Å². The SMILES string of the molecule is C=C(C)C(=O)NCC[N+](C)(CCO)CC(=O)O. The Hall–Kier alpha value is -1.40. The summed E-state index contributed by atoms with van der Waals surface area (Å²) in [5.74, 6) is -1.16. The van der Waals surface area contributed by atoms with Crippen molar-refractivity contribution in [2.45, 2.75) is 6.92 Å². The van der Waals surface area contributed by atoms with Gasteiger partial charge in [0.25, 0.3) is 0 Å². The number of aliphatic hydroxyl groups is 1. The summed E-state index contributed by atoms with van der Waals surface area (Å²) in [6.45, 7) is 6.09. The van der Waals surface area contributed by atoms with Crippen LogP contribution in [0.5, 0.6) is 0 Å². The molecule has 0 aromatic heterocycles. The Balaban J connectivity index is 4.21. The third kappa shape index (κ3) is 6.70. The summed E-state index contributed by atoms with van der Waals surface area (Å²) in [5.41, 5.74) is 0.416. The predicted molar refractivity (Wildman–Crippen MR) is 63.3 cm³/mol. The number of likely N-dealkylation sites (N-methyl/N-ethyl adjacent to an activating group) is 1. The standard InChI is InChI=1S/C11H20N2O4/c1-9(2)11(17)12-4-5-13(3,6-7-14)8-10(15)16/h14H,1,4-8H2,2-3H3,(H-,12,15,16,17)/p+1. The minimum Gasteiger partial charge on any atom is -0.477 e. The highest BCUT2D eigenvalue weighted by Crippen LogP contribution is 2.00. The molecule has 0 aromatic rings. The number of nitrogens with zero attached hydrogens (tertiary/aromatic N) is 1. The predicted octanol–water partition coefficient (Wildman–Crippen LogP) is -0.798. The van der Waals surface area contributed by atoms with Gasteiger partial charge in [0.15, 0.2) is 6.54 Å². The van der Waals surface area contributed by atoms with E-state index in [1.165, 1.54) is 0 Å². The molecule has 3 N–H and O–H groups in total. The van der Waals surface area contributed by atoms with Gasteiger partial charge in [-0.1, -0.05) is 6.58 Å². The Morgan fingerprint density at radius 1 is 1.35 bits per heavy atom. The van der Waals surface area contributed by atoms with Crippen molar-refractivity contribution in [1.82, 2.24) is 5.32 Å². The molecule has 0 fully saturated rings. The van der Waals surface area contributed by atoms with Crippen LogP contribution >= 0.6 is 0 Å². The van der Waals surface area contributed by atoms with Gasteiger partial charge in [-0.3, -0.25) is 4.79 Å². The summed E-state index contributed by atoms with van der Waals surface area (Å²) >= 11 is 0. The first kappa shape index (κ1) is 15.6. The molecule has 0 aliphatic rings. The van der Waals surface area contributed by atoms with E-state index in [9.17, 15) is 9.59 Å². The van der Waals surface area contributed by atoms with Crippen molar-refractivity contribution in [2.24, 2.45) is 0 Å². The number of hydrogen-bond donors (Lipinski definition) is 3. The maximum atomic E-state index is 11.2. The fourth-order valence-corrected chi connectivity index (χ4v) is 1.43. The fourth-order valence-electron chi connectivity index (χ4n) is 1.43. The van der Waals surface area contributed by atoms with Crippen molar-refractivity contribution < 1.29 is 24.3 Å². The summed E-state index contributed by atoms with van der Waals surface area (Å²) in [6, 6.07) is 0. The van der Waals surface area contributed by atoms with Crippen LogP contribution in [0.2, 0.25) is 0 Å². The van der Waals surface area contributed by atoms with Crippen LogP contribution in [0.1, 0.15) is 6.92 Å². The molecule has 0 radical (unpaired) electrons. The maximum absolute atomic E-state index is 11.2. The minimum absolute atomic E-state index is 0.0799. The number of carbonyl (C=O) groups excluding carboxylic acids is 1. The van der Waals surface area contributed by atoms with Crippen molar-refractivity contribution >= 4 is 11.9 Å².